The summed E-state index contributed by atoms with van der Waals surface area (Å²) in [6, 6.07) is 0.646. The van der Waals surface area contributed by atoms with Gasteiger partial charge in [0, 0.05) is 6.04 Å². The normalized spacial score (nSPS) is 14.4. The van der Waals surface area contributed by atoms with Gasteiger partial charge < -0.3 is 10.6 Å². The average molecular weight is 200 g/mol. The van der Waals surface area contributed by atoms with Gasteiger partial charge in [0.1, 0.15) is 0 Å². The molecule has 14 heavy (non-hydrogen) atoms. The lowest BCUT2D eigenvalue weighted by molar-refractivity contribution is 0.243. The van der Waals surface area contributed by atoms with Crippen LogP contribution in [0.5, 0.6) is 0 Å². The summed E-state index contributed by atoms with van der Waals surface area (Å²) >= 11 is 0. The Labute approximate surface area is 89.9 Å². The van der Waals surface area contributed by atoms with Crippen LogP contribution in [0.15, 0.2) is 0 Å². The fourth-order valence-corrected chi connectivity index (χ4v) is 1.64. The summed E-state index contributed by atoms with van der Waals surface area (Å²) in [6.07, 6.45) is 2.51. The van der Waals surface area contributed by atoms with Crippen molar-refractivity contribution in [2.24, 2.45) is 17.6 Å². The minimum Gasteiger partial charge on any atom is -0.330 e. The van der Waals surface area contributed by atoms with E-state index in [2.05, 4.69) is 39.6 Å². The molecule has 0 saturated carbocycles. The Bertz CT molecular complexity index is 132. The van der Waals surface area contributed by atoms with E-state index in [1.165, 1.54) is 19.4 Å². The monoisotopic (exact) mass is 200 g/mol. The Hall–Kier alpha value is -0.0800. The van der Waals surface area contributed by atoms with E-state index in [-0.39, 0.29) is 0 Å². The highest BCUT2D eigenvalue weighted by atomic mass is 15.1. The Balaban J connectivity index is 3.72. The lowest BCUT2D eigenvalue weighted by atomic mass is 9.94. The van der Waals surface area contributed by atoms with Crippen molar-refractivity contribution in [2.45, 2.75) is 46.6 Å². The van der Waals surface area contributed by atoms with E-state index in [1.807, 2.05) is 0 Å². The summed E-state index contributed by atoms with van der Waals surface area (Å²) in [6.45, 7) is 11.0. The van der Waals surface area contributed by atoms with Crippen molar-refractivity contribution in [3.63, 3.8) is 0 Å². The van der Waals surface area contributed by atoms with Gasteiger partial charge in [-0.3, -0.25) is 0 Å². The molecule has 1 atom stereocenters. The third-order valence-electron chi connectivity index (χ3n) is 2.91. The summed E-state index contributed by atoms with van der Waals surface area (Å²) in [5, 5.41) is 0. The third-order valence-corrected chi connectivity index (χ3v) is 2.91. The minimum absolute atomic E-state index is 0.646. The van der Waals surface area contributed by atoms with Gasteiger partial charge in [-0.15, -0.1) is 0 Å². The minimum atomic E-state index is 0.646. The molecule has 0 amide bonds. The Morgan fingerprint density at radius 1 is 1.14 bits per heavy atom. The SMILES string of the molecule is CC(C)CC(CN)CCN(C)C(C)C. The molecule has 2 N–H and O–H groups in total. The molecule has 0 aromatic heterocycles. The summed E-state index contributed by atoms with van der Waals surface area (Å²) in [4.78, 5) is 2.39. The second kappa shape index (κ2) is 7.24. The van der Waals surface area contributed by atoms with Gasteiger partial charge in [-0.25, -0.2) is 0 Å². The molecule has 0 bridgehead atoms. The molecule has 0 radical (unpaired) electrons. The smallest absolute Gasteiger partial charge is 0.00355 e. The predicted molar refractivity (Wildman–Crippen MR) is 64.4 cm³/mol. The van der Waals surface area contributed by atoms with Crippen LogP contribution in [0.4, 0.5) is 0 Å². The van der Waals surface area contributed by atoms with Crippen LogP contribution >= 0.6 is 0 Å². The molecule has 0 aliphatic heterocycles. The first-order valence-electron chi connectivity index (χ1n) is 5.87. The number of nitrogens with two attached hydrogens (primary N) is 1. The highest BCUT2D eigenvalue weighted by molar-refractivity contribution is 4.66. The lowest BCUT2D eigenvalue weighted by Crippen LogP contribution is -2.30. The van der Waals surface area contributed by atoms with Gasteiger partial charge in [0.2, 0.25) is 0 Å². The van der Waals surface area contributed by atoms with E-state index < -0.39 is 0 Å². The molecule has 0 aliphatic rings. The van der Waals surface area contributed by atoms with Gasteiger partial charge in [-0.1, -0.05) is 13.8 Å². The lowest BCUT2D eigenvalue weighted by Gasteiger charge is -2.24. The molecular formula is C12H28N2. The standard InChI is InChI=1S/C12H28N2/c1-10(2)8-12(9-13)6-7-14(5)11(3)4/h10-12H,6-9,13H2,1-5H3. The van der Waals surface area contributed by atoms with Crippen molar-refractivity contribution >= 4 is 0 Å². The molecule has 0 spiro atoms. The Kier molecular flexibility index (Phi) is 7.20. The number of hydrogen-bond donors (Lipinski definition) is 1. The molecule has 2 nitrogen and oxygen atoms in total. The summed E-state index contributed by atoms with van der Waals surface area (Å²) < 4.78 is 0. The molecule has 0 heterocycles. The van der Waals surface area contributed by atoms with Crippen molar-refractivity contribution in [1.29, 1.82) is 0 Å². The van der Waals surface area contributed by atoms with Crippen LogP contribution in [0.2, 0.25) is 0 Å². The zero-order valence-electron chi connectivity index (χ0n) is 10.6. The van der Waals surface area contributed by atoms with Crippen LogP contribution in [0.25, 0.3) is 0 Å². The van der Waals surface area contributed by atoms with E-state index in [4.69, 9.17) is 5.73 Å². The molecule has 1 unspecified atom stereocenters. The fraction of sp³-hybridized carbons (Fsp3) is 1.00. The van der Waals surface area contributed by atoms with E-state index in [1.54, 1.807) is 0 Å². The number of hydrogen-bond acceptors (Lipinski definition) is 2. The molecule has 86 valence electrons. The van der Waals surface area contributed by atoms with E-state index in [0.29, 0.717) is 12.0 Å². The summed E-state index contributed by atoms with van der Waals surface area (Å²) in [7, 11) is 2.19. The van der Waals surface area contributed by atoms with E-state index in [9.17, 15) is 0 Å². The highest BCUT2D eigenvalue weighted by Crippen LogP contribution is 2.14. The van der Waals surface area contributed by atoms with Crippen LogP contribution in [-0.4, -0.2) is 31.1 Å². The van der Waals surface area contributed by atoms with Crippen molar-refractivity contribution < 1.29 is 0 Å². The van der Waals surface area contributed by atoms with Crippen LogP contribution in [0, 0.1) is 11.8 Å². The first kappa shape index (κ1) is 13.9. The maximum absolute atomic E-state index is 5.76. The fourth-order valence-electron chi connectivity index (χ4n) is 1.64. The quantitative estimate of drug-likeness (QED) is 0.683. The second-order valence-corrected chi connectivity index (χ2v) is 5.09. The van der Waals surface area contributed by atoms with Crippen LogP contribution in [0.1, 0.15) is 40.5 Å². The molecule has 0 fully saturated rings. The zero-order valence-corrected chi connectivity index (χ0v) is 10.6. The molecule has 0 aromatic rings. The predicted octanol–water partition coefficient (Wildman–Crippen LogP) is 2.34. The zero-order chi connectivity index (χ0) is 11.1. The van der Waals surface area contributed by atoms with Crippen molar-refractivity contribution in [3.8, 4) is 0 Å². The van der Waals surface area contributed by atoms with Gasteiger partial charge in [-0.2, -0.15) is 0 Å². The molecule has 0 aromatic carbocycles. The van der Waals surface area contributed by atoms with Crippen LogP contribution in [-0.2, 0) is 0 Å². The van der Waals surface area contributed by atoms with Gasteiger partial charge in [0.05, 0.1) is 0 Å². The van der Waals surface area contributed by atoms with Crippen molar-refractivity contribution in [1.82, 2.24) is 4.90 Å². The Morgan fingerprint density at radius 2 is 1.71 bits per heavy atom. The maximum atomic E-state index is 5.76. The van der Waals surface area contributed by atoms with Crippen molar-refractivity contribution in [3.05, 3.63) is 0 Å². The Morgan fingerprint density at radius 3 is 2.07 bits per heavy atom. The summed E-state index contributed by atoms with van der Waals surface area (Å²) in [5.74, 6) is 1.48. The van der Waals surface area contributed by atoms with E-state index in [0.717, 1.165) is 12.5 Å². The first-order chi connectivity index (χ1) is 6.47. The number of nitrogens with zero attached hydrogens (tertiary/aromatic N) is 1. The third kappa shape index (κ3) is 6.39. The maximum Gasteiger partial charge on any atom is 0.00355 e. The highest BCUT2D eigenvalue weighted by Gasteiger charge is 2.11. The van der Waals surface area contributed by atoms with Crippen molar-refractivity contribution in [2.75, 3.05) is 20.1 Å². The molecule has 0 rings (SSSR count). The molecular weight excluding hydrogens is 172 g/mol. The molecule has 0 saturated heterocycles. The molecule has 2 heteroatoms. The second-order valence-electron chi connectivity index (χ2n) is 5.09. The van der Waals surface area contributed by atoms with E-state index >= 15 is 0 Å². The largest absolute Gasteiger partial charge is 0.330 e. The topological polar surface area (TPSA) is 29.3 Å². The van der Waals surface area contributed by atoms with Gasteiger partial charge in [-0.05, 0) is 58.7 Å². The van der Waals surface area contributed by atoms with Gasteiger partial charge in [0.15, 0.2) is 0 Å². The molecule has 0 aliphatic carbocycles. The summed E-state index contributed by atoms with van der Waals surface area (Å²) in [5.41, 5.74) is 5.76. The van der Waals surface area contributed by atoms with Crippen LogP contribution in [0.3, 0.4) is 0 Å². The van der Waals surface area contributed by atoms with Gasteiger partial charge in [0.25, 0.3) is 0 Å². The van der Waals surface area contributed by atoms with Crippen LogP contribution < -0.4 is 5.73 Å². The average Bonchev–Trinajstić information content (AvgIpc) is 2.10. The number of rotatable bonds is 7. The first-order valence-corrected chi connectivity index (χ1v) is 5.87. The van der Waals surface area contributed by atoms with Gasteiger partial charge >= 0.3 is 0 Å².